The first-order valence-electron chi connectivity index (χ1n) is 12.1. The lowest BCUT2D eigenvalue weighted by atomic mass is 9.75. The molecule has 3 rings (SSSR count). The maximum Gasteiger partial charge on any atom is 0.410 e. The number of hydrogen-bond acceptors (Lipinski definition) is 5. The number of likely N-dealkylation sites (tertiary alicyclic amines) is 2. The fraction of sp³-hybridized carbons (Fsp3) is 0.875. The zero-order chi connectivity index (χ0) is 23.7. The Hall–Kier alpha value is -1.83. The van der Waals surface area contributed by atoms with Gasteiger partial charge in [-0.25, -0.2) is 4.79 Å². The van der Waals surface area contributed by atoms with Gasteiger partial charge in [-0.3, -0.25) is 14.5 Å². The third-order valence-corrected chi connectivity index (χ3v) is 7.56. The Morgan fingerprint density at radius 2 is 1.72 bits per heavy atom. The molecule has 0 aromatic heterocycles. The zero-order valence-electron chi connectivity index (χ0n) is 20.4. The monoisotopic (exact) mass is 451 g/mol. The first-order valence-corrected chi connectivity index (χ1v) is 12.1. The van der Waals surface area contributed by atoms with E-state index in [-0.39, 0.29) is 35.9 Å². The summed E-state index contributed by atoms with van der Waals surface area (Å²) in [7, 11) is 0. The van der Waals surface area contributed by atoms with Crippen molar-refractivity contribution in [1.29, 1.82) is 0 Å². The van der Waals surface area contributed by atoms with Crippen LogP contribution in [0.25, 0.3) is 0 Å². The molecule has 0 aromatic carbocycles. The molecule has 0 spiro atoms. The van der Waals surface area contributed by atoms with Gasteiger partial charge in [-0.2, -0.15) is 0 Å². The standard InChI is InChI=1S/C24H41N3O5/c1-16(28)26-12-10-17(11-13-26)21(30)25-15-18-14-24(5)19(8-6-7-9-20(24)29)27(18)22(31)32-23(2,3)4/h17-20,29H,6-15H2,1-5H3,(H,25,30)/t18-,19-,20+,24-/m1/s1. The minimum atomic E-state index is -0.613. The number of nitrogens with zero attached hydrogens (tertiary/aromatic N) is 2. The molecule has 1 saturated carbocycles. The van der Waals surface area contributed by atoms with E-state index in [1.807, 2.05) is 20.8 Å². The smallest absolute Gasteiger partial charge is 0.410 e. The van der Waals surface area contributed by atoms with Crippen LogP contribution in [-0.2, 0) is 14.3 Å². The number of ether oxygens (including phenoxy) is 1. The fourth-order valence-corrected chi connectivity index (χ4v) is 5.73. The summed E-state index contributed by atoms with van der Waals surface area (Å²) in [4.78, 5) is 41.2. The second kappa shape index (κ2) is 9.57. The van der Waals surface area contributed by atoms with E-state index in [2.05, 4.69) is 12.2 Å². The summed E-state index contributed by atoms with van der Waals surface area (Å²) in [5, 5.41) is 14.0. The number of carbonyl (C=O) groups is 3. The Bertz CT molecular complexity index is 713. The summed E-state index contributed by atoms with van der Waals surface area (Å²) in [6, 6.07) is -0.315. The van der Waals surface area contributed by atoms with Crippen molar-refractivity contribution in [2.24, 2.45) is 11.3 Å². The highest BCUT2D eigenvalue weighted by Gasteiger charge is 2.55. The molecule has 0 aromatic rings. The second-order valence-electron chi connectivity index (χ2n) is 11.1. The number of rotatable bonds is 3. The van der Waals surface area contributed by atoms with Crippen LogP contribution in [-0.4, -0.2) is 76.2 Å². The molecule has 3 aliphatic rings. The Labute approximate surface area is 192 Å². The lowest BCUT2D eigenvalue weighted by Gasteiger charge is -2.38. The molecule has 2 aliphatic heterocycles. The van der Waals surface area contributed by atoms with Crippen molar-refractivity contribution in [2.45, 2.75) is 103 Å². The fourth-order valence-electron chi connectivity index (χ4n) is 5.73. The maximum absolute atomic E-state index is 13.2. The third-order valence-electron chi connectivity index (χ3n) is 7.56. The van der Waals surface area contributed by atoms with Gasteiger partial charge in [0.1, 0.15) is 5.60 Å². The third kappa shape index (κ3) is 5.38. The zero-order valence-corrected chi connectivity index (χ0v) is 20.4. The molecule has 2 N–H and O–H groups in total. The van der Waals surface area contributed by atoms with Gasteiger partial charge in [-0.15, -0.1) is 0 Å². The van der Waals surface area contributed by atoms with Crippen molar-refractivity contribution in [2.75, 3.05) is 19.6 Å². The van der Waals surface area contributed by atoms with Crippen molar-refractivity contribution in [1.82, 2.24) is 15.1 Å². The van der Waals surface area contributed by atoms with Gasteiger partial charge < -0.3 is 20.1 Å². The van der Waals surface area contributed by atoms with Crippen LogP contribution in [0.2, 0.25) is 0 Å². The molecular formula is C24H41N3O5. The first kappa shape index (κ1) is 24.8. The van der Waals surface area contributed by atoms with Crippen molar-refractivity contribution >= 4 is 17.9 Å². The number of aliphatic hydroxyl groups excluding tert-OH is 1. The number of nitrogens with one attached hydrogen (secondary N) is 1. The minimum Gasteiger partial charge on any atom is -0.444 e. The van der Waals surface area contributed by atoms with Gasteiger partial charge in [0, 0.05) is 43.9 Å². The number of piperidine rings is 1. The minimum absolute atomic E-state index is 0.0184. The highest BCUT2D eigenvalue weighted by atomic mass is 16.6. The van der Waals surface area contributed by atoms with Crippen molar-refractivity contribution in [3.8, 4) is 0 Å². The molecule has 3 fully saturated rings. The average molecular weight is 452 g/mol. The number of fused-ring (bicyclic) bond motifs is 1. The molecule has 0 unspecified atom stereocenters. The van der Waals surface area contributed by atoms with Gasteiger partial charge in [0.05, 0.1) is 12.1 Å². The molecule has 8 nitrogen and oxygen atoms in total. The number of aliphatic hydroxyl groups is 1. The van der Waals surface area contributed by atoms with Crippen LogP contribution < -0.4 is 5.32 Å². The van der Waals surface area contributed by atoms with E-state index >= 15 is 0 Å². The Kier molecular flexibility index (Phi) is 7.42. The summed E-state index contributed by atoms with van der Waals surface area (Å²) in [5.41, 5.74) is -1.02. The number of amides is 3. The molecule has 32 heavy (non-hydrogen) atoms. The van der Waals surface area contributed by atoms with Gasteiger partial charge >= 0.3 is 6.09 Å². The molecule has 2 heterocycles. The van der Waals surface area contributed by atoms with E-state index in [0.29, 0.717) is 38.9 Å². The molecular weight excluding hydrogens is 410 g/mol. The molecule has 8 heteroatoms. The van der Waals surface area contributed by atoms with Gasteiger partial charge in [-0.1, -0.05) is 19.8 Å². The summed E-state index contributed by atoms with van der Waals surface area (Å²) >= 11 is 0. The number of carbonyl (C=O) groups excluding carboxylic acids is 3. The second-order valence-corrected chi connectivity index (χ2v) is 11.1. The van der Waals surface area contributed by atoms with Gasteiger partial charge in [0.15, 0.2) is 0 Å². The van der Waals surface area contributed by atoms with Gasteiger partial charge in [-0.05, 0) is 52.9 Å². The van der Waals surface area contributed by atoms with E-state index < -0.39 is 17.1 Å². The molecule has 3 amide bonds. The Morgan fingerprint density at radius 3 is 2.31 bits per heavy atom. The number of hydrogen-bond donors (Lipinski definition) is 2. The van der Waals surface area contributed by atoms with Crippen LogP contribution in [0.15, 0.2) is 0 Å². The van der Waals surface area contributed by atoms with E-state index in [1.165, 1.54) is 0 Å². The lowest BCUT2D eigenvalue weighted by Crippen LogP contribution is -2.51. The van der Waals surface area contributed by atoms with E-state index in [0.717, 1.165) is 25.7 Å². The van der Waals surface area contributed by atoms with Gasteiger partial charge in [0.25, 0.3) is 0 Å². The van der Waals surface area contributed by atoms with Crippen molar-refractivity contribution in [3.63, 3.8) is 0 Å². The highest BCUT2D eigenvalue weighted by molar-refractivity contribution is 5.79. The van der Waals surface area contributed by atoms with Crippen LogP contribution in [0, 0.1) is 11.3 Å². The summed E-state index contributed by atoms with van der Waals surface area (Å²) in [6.07, 6.45) is 4.60. The highest BCUT2D eigenvalue weighted by Crippen LogP contribution is 2.48. The Balaban J connectivity index is 1.69. The van der Waals surface area contributed by atoms with Gasteiger partial charge in [0.2, 0.25) is 11.8 Å². The van der Waals surface area contributed by atoms with Crippen LogP contribution in [0.3, 0.4) is 0 Å². The van der Waals surface area contributed by atoms with E-state index in [4.69, 9.17) is 4.74 Å². The normalized spacial score (nSPS) is 31.6. The molecule has 4 atom stereocenters. The van der Waals surface area contributed by atoms with E-state index in [1.54, 1.807) is 16.7 Å². The SMILES string of the molecule is CC(=O)N1CCC(C(=O)NC[C@H]2C[C@@]3(C)[C@@H](O)CCCC[C@H]3N2C(=O)OC(C)(C)C)CC1. The van der Waals surface area contributed by atoms with Crippen LogP contribution in [0.1, 0.15) is 79.6 Å². The summed E-state index contributed by atoms with van der Waals surface area (Å²) in [5.74, 6) is -0.0862. The molecule has 2 saturated heterocycles. The van der Waals surface area contributed by atoms with Crippen LogP contribution >= 0.6 is 0 Å². The largest absolute Gasteiger partial charge is 0.444 e. The molecule has 0 bridgehead atoms. The summed E-state index contributed by atoms with van der Waals surface area (Å²) in [6.45, 7) is 10.8. The maximum atomic E-state index is 13.2. The molecule has 1 aliphatic carbocycles. The van der Waals surface area contributed by atoms with E-state index in [9.17, 15) is 19.5 Å². The quantitative estimate of drug-likeness (QED) is 0.687. The first-order chi connectivity index (χ1) is 14.9. The molecule has 0 radical (unpaired) electrons. The lowest BCUT2D eigenvalue weighted by molar-refractivity contribution is -0.134. The average Bonchev–Trinajstić information content (AvgIpc) is 2.93. The van der Waals surface area contributed by atoms with Crippen LogP contribution in [0.4, 0.5) is 4.79 Å². The van der Waals surface area contributed by atoms with Crippen LogP contribution in [0.5, 0.6) is 0 Å². The molecule has 182 valence electrons. The summed E-state index contributed by atoms with van der Waals surface area (Å²) < 4.78 is 5.73. The van der Waals surface area contributed by atoms with Crippen molar-refractivity contribution < 1.29 is 24.2 Å². The predicted molar refractivity (Wildman–Crippen MR) is 121 cm³/mol. The predicted octanol–water partition coefficient (Wildman–Crippen LogP) is 2.68. The Morgan fingerprint density at radius 1 is 1.09 bits per heavy atom. The topological polar surface area (TPSA) is 99.2 Å². The van der Waals surface area contributed by atoms with Crippen molar-refractivity contribution in [3.05, 3.63) is 0 Å².